The van der Waals surface area contributed by atoms with E-state index in [9.17, 15) is 19.2 Å². The minimum Gasteiger partial charge on any atom is -0.497 e. The molecule has 1 aliphatic carbocycles. The van der Waals surface area contributed by atoms with Crippen molar-refractivity contribution in [3.05, 3.63) is 39.0 Å². The number of aromatic nitrogens is 2. The Hall–Kier alpha value is -3.30. The molecule has 1 saturated heterocycles. The molecule has 0 atom stereocenters. The highest BCUT2D eigenvalue weighted by molar-refractivity contribution is 5.80. The van der Waals surface area contributed by atoms with E-state index in [1.54, 1.807) is 37.3 Å². The Balaban J connectivity index is 1.40. The Labute approximate surface area is 197 Å². The quantitative estimate of drug-likeness (QED) is 0.667. The van der Waals surface area contributed by atoms with Gasteiger partial charge in [-0.05, 0) is 49.8 Å². The average Bonchev–Trinajstić information content (AvgIpc) is 2.89. The molecule has 1 aliphatic heterocycles. The fourth-order valence-electron chi connectivity index (χ4n) is 5.13. The number of fused-ring (bicyclic) bond motifs is 1. The number of rotatable bonds is 4. The van der Waals surface area contributed by atoms with Crippen LogP contribution in [-0.4, -0.2) is 71.3 Å². The number of hydrogen-bond acceptors (Lipinski definition) is 6. The van der Waals surface area contributed by atoms with Gasteiger partial charge in [-0.25, -0.2) is 9.59 Å². The highest BCUT2D eigenvalue weighted by Gasteiger charge is 2.32. The number of aryl methyl sites for hydroxylation is 1. The Morgan fingerprint density at radius 3 is 2.24 bits per heavy atom. The van der Waals surface area contributed by atoms with Crippen molar-refractivity contribution in [2.45, 2.75) is 32.2 Å². The fraction of sp³-hybridized carbons (Fsp3) is 0.583. The smallest absolute Gasteiger partial charge is 0.409 e. The molecule has 0 unspecified atom stereocenters. The van der Waals surface area contributed by atoms with Crippen molar-refractivity contribution in [3.8, 4) is 5.75 Å². The zero-order valence-electron chi connectivity index (χ0n) is 20.0. The lowest BCUT2D eigenvalue weighted by molar-refractivity contribution is -0.138. The minimum absolute atomic E-state index is 0.0543. The lowest BCUT2D eigenvalue weighted by Gasteiger charge is -2.37. The summed E-state index contributed by atoms with van der Waals surface area (Å²) in [4.78, 5) is 54.1. The van der Waals surface area contributed by atoms with Gasteiger partial charge in [-0.1, -0.05) is 0 Å². The van der Waals surface area contributed by atoms with Gasteiger partial charge in [0.1, 0.15) is 5.75 Å². The second-order valence-electron chi connectivity index (χ2n) is 9.14. The molecule has 2 fully saturated rings. The second kappa shape index (κ2) is 9.90. The maximum atomic E-state index is 13.1. The second-order valence-corrected chi connectivity index (χ2v) is 9.14. The zero-order chi connectivity index (χ0) is 24.4. The number of benzene rings is 1. The summed E-state index contributed by atoms with van der Waals surface area (Å²) in [6, 6.07) is 5.13. The summed E-state index contributed by atoms with van der Waals surface area (Å²) in [7, 11) is 4.57. The summed E-state index contributed by atoms with van der Waals surface area (Å²) < 4.78 is 12.8. The van der Waals surface area contributed by atoms with E-state index in [2.05, 4.69) is 0 Å². The van der Waals surface area contributed by atoms with E-state index >= 15 is 0 Å². The van der Waals surface area contributed by atoms with E-state index in [-0.39, 0.29) is 35.1 Å². The van der Waals surface area contributed by atoms with Gasteiger partial charge in [-0.3, -0.25) is 18.7 Å². The molecule has 2 heterocycles. The number of amides is 2. The molecule has 2 amide bonds. The number of ether oxygens (including phenoxy) is 2. The maximum absolute atomic E-state index is 13.1. The highest BCUT2D eigenvalue weighted by atomic mass is 16.5. The molecule has 1 aromatic heterocycles. The third-order valence-corrected chi connectivity index (χ3v) is 7.22. The van der Waals surface area contributed by atoms with Crippen LogP contribution in [0.5, 0.6) is 5.75 Å². The largest absolute Gasteiger partial charge is 0.497 e. The first-order valence-corrected chi connectivity index (χ1v) is 11.7. The van der Waals surface area contributed by atoms with Crippen LogP contribution in [0.15, 0.2) is 27.8 Å². The van der Waals surface area contributed by atoms with Gasteiger partial charge >= 0.3 is 11.8 Å². The Kier molecular flexibility index (Phi) is 6.95. The number of nitrogens with zero attached hydrogens (tertiary/aromatic N) is 4. The third kappa shape index (κ3) is 4.53. The summed E-state index contributed by atoms with van der Waals surface area (Å²) in [6.45, 7) is 2.33. The van der Waals surface area contributed by atoms with Crippen LogP contribution in [0.3, 0.4) is 0 Å². The summed E-state index contributed by atoms with van der Waals surface area (Å²) in [5.41, 5.74) is -0.0586. The van der Waals surface area contributed by atoms with Crippen LogP contribution < -0.4 is 16.0 Å². The van der Waals surface area contributed by atoms with E-state index in [1.807, 2.05) is 4.90 Å². The predicted octanol–water partition coefficient (Wildman–Crippen LogP) is 1.43. The Morgan fingerprint density at radius 1 is 0.971 bits per heavy atom. The first-order valence-electron chi connectivity index (χ1n) is 11.7. The van der Waals surface area contributed by atoms with Gasteiger partial charge in [0.2, 0.25) is 5.91 Å². The molecule has 1 saturated carbocycles. The third-order valence-electron chi connectivity index (χ3n) is 7.22. The number of hydrogen-bond donors (Lipinski definition) is 0. The Morgan fingerprint density at radius 2 is 1.62 bits per heavy atom. The van der Waals surface area contributed by atoms with E-state index in [0.717, 1.165) is 25.7 Å². The fourth-order valence-corrected chi connectivity index (χ4v) is 5.13. The average molecular weight is 473 g/mol. The molecule has 2 aliphatic rings. The van der Waals surface area contributed by atoms with Gasteiger partial charge in [-0.2, -0.15) is 0 Å². The van der Waals surface area contributed by atoms with Gasteiger partial charge in [-0.15, -0.1) is 0 Å². The van der Waals surface area contributed by atoms with Crippen molar-refractivity contribution < 1.29 is 19.1 Å². The summed E-state index contributed by atoms with van der Waals surface area (Å²) >= 11 is 0. The molecule has 0 bridgehead atoms. The van der Waals surface area contributed by atoms with Crippen molar-refractivity contribution in [1.82, 2.24) is 18.9 Å². The van der Waals surface area contributed by atoms with Gasteiger partial charge < -0.3 is 19.3 Å². The molecular weight excluding hydrogens is 440 g/mol. The molecule has 10 nitrogen and oxygen atoms in total. The van der Waals surface area contributed by atoms with Crippen molar-refractivity contribution in [1.29, 1.82) is 0 Å². The van der Waals surface area contributed by atoms with Crippen molar-refractivity contribution in [3.63, 3.8) is 0 Å². The summed E-state index contributed by atoms with van der Waals surface area (Å²) in [6.07, 6.45) is 2.67. The highest BCUT2D eigenvalue weighted by Crippen LogP contribution is 2.31. The SMILES string of the molecule is COC(=O)N1CCN(C(=O)[C@H]2CC[C@H](Cn3c(=O)c4cc(OC)ccc4n(C)c3=O)CC2)CC1. The molecule has 10 heteroatoms. The molecule has 4 rings (SSSR count). The van der Waals surface area contributed by atoms with E-state index in [1.165, 1.54) is 16.2 Å². The maximum Gasteiger partial charge on any atom is 0.409 e. The van der Waals surface area contributed by atoms with E-state index in [4.69, 9.17) is 9.47 Å². The standard InChI is InChI=1S/C24H32N4O6/c1-25-20-9-8-18(33-2)14-19(20)22(30)28(23(25)31)15-16-4-6-17(7-5-16)21(29)26-10-12-27(13-11-26)24(32)34-3/h8-9,14,16-17H,4-7,10-13,15H2,1-3H3/t16-,17-. The predicted molar refractivity (Wildman–Crippen MR) is 126 cm³/mol. The molecular formula is C24H32N4O6. The van der Waals surface area contributed by atoms with Crippen LogP contribution in [0.1, 0.15) is 25.7 Å². The first kappa shape index (κ1) is 23.8. The van der Waals surface area contributed by atoms with Gasteiger partial charge in [0, 0.05) is 45.7 Å². The lowest BCUT2D eigenvalue weighted by Crippen LogP contribution is -2.52. The van der Waals surface area contributed by atoms with Crippen molar-refractivity contribution in [2.75, 3.05) is 40.4 Å². The van der Waals surface area contributed by atoms with Crippen LogP contribution in [-0.2, 0) is 23.1 Å². The zero-order valence-corrected chi connectivity index (χ0v) is 20.0. The number of methoxy groups -OCH3 is 2. The summed E-state index contributed by atoms with van der Waals surface area (Å²) in [5, 5.41) is 0.455. The van der Waals surface area contributed by atoms with Crippen LogP contribution in [0.25, 0.3) is 10.9 Å². The van der Waals surface area contributed by atoms with Gasteiger partial charge in [0.15, 0.2) is 0 Å². The summed E-state index contributed by atoms with van der Waals surface area (Å²) in [5.74, 6) is 0.810. The lowest BCUT2D eigenvalue weighted by atomic mass is 9.81. The molecule has 2 aromatic rings. The Bertz CT molecular complexity index is 1190. The monoisotopic (exact) mass is 472 g/mol. The molecule has 184 valence electrons. The van der Waals surface area contributed by atoms with Gasteiger partial charge in [0.25, 0.3) is 5.56 Å². The number of piperazine rings is 1. The van der Waals surface area contributed by atoms with Crippen LogP contribution in [0.2, 0.25) is 0 Å². The van der Waals surface area contributed by atoms with Crippen LogP contribution in [0, 0.1) is 11.8 Å². The minimum atomic E-state index is -0.360. The number of carbonyl (C=O) groups excluding carboxylic acids is 2. The topological polar surface area (TPSA) is 103 Å². The molecule has 0 spiro atoms. The molecule has 0 N–H and O–H groups in total. The van der Waals surface area contributed by atoms with Crippen LogP contribution in [0.4, 0.5) is 4.79 Å². The van der Waals surface area contributed by atoms with Crippen molar-refractivity contribution >= 4 is 22.9 Å². The normalized spacial score (nSPS) is 20.9. The first-order chi connectivity index (χ1) is 16.3. The van der Waals surface area contributed by atoms with E-state index < -0.39 is 0 Å². The van der Waals surface area contributed by atoms with Crippen molar-refractivity contribution in [2.24, 2.45) is 18.9 Å². The molecule has 0 radical (unpaired) electrons. The molecule has 34 heavy (non-hydrogen) atoms. The number of carbonyl (C=O) groups is 2. The van der Waals surface area contributed by atoms with E-state index in [0.29, 0.717) is 49.4 Å². The van der Waals surface area contributed by atoms with Gasteiger partial charge in [0.05, 0.1) is 25.1 Å². The molecule has 1 aromatic carbocycles. The van der Waals surface area contributed by atoms with Crippen LogP contribution >= 0.6 is 0 Å².